The molecule has 8 heteroatoms. The number of amides is 1. The van der Waals surface area contributed by atoms with Crippen LogP contribution < -0.4 is 9.47 Å². The Hall–Kier alpha value is -3.35. The molecule has 1 aliphatic rings. The molecule has 35 heavy (non-hydrogen) atoms. The van der Waals surface area contributed by atoms with Crippen molar-refractivity contribution in [3.63, 3.8) is 0 Å². The zero-order valence-electron chi connectivity index (χ0n) is 18.9. The summed E-state index contributed by atoms with van der Waals surface area (Å²) in [5.74, 6) is 0.897. The van der Waals surface area contributed by atoms with Gasteiger partial charge in [0.1, 0.15) is 12.3 Å². The van der Waals surface area contributed by atoms with Crippen LogP contribution in [0.1, 0.15) is 23.1 Å². The first kappa shape index (κ1) is 24.8. The topological polar surface area (TPSA) is 74.9 Å². The molecule has 3 aromatic carbocycles. The monoisotopic (exact) mass is 597 g/mol. The van der Waals surface area contributed by atoms with E-state index in [1.54, 1.807) is 13.2 Å². The van der Waals surface area contributed by atoms with Crippen LogP contribution in [0.4, 0.5) is 0 Å². The lowest BCUT2D eigenvalue weighted by Gasteiger charge is -2.14. The number of hydrogen-bond acceptors (Lipinski definition) is 5. The van der Waals surface area contributed by atoms with E-state index in [-0.39, 0.29) is 18.9 Å². The number of nitrogens with zero attached hydrogens (tertiary/aromatic N) is 3. The molecule has 0 fully saturated rings. The number of nitriles is 1. The number of ether oxygens (including phenoxy) is 2. The largest absolute Gasteiger partial charge is 0.493 e. The number of benzene rings is 3. The minimum Gasteiger partial charge on any atom is -0.493 e. The van der Waals surface area contributed by atoms with Gasteiger partial charge in [-0.05, 0) is 52.4 Å². The smallest absolute Gasteiger partial charge is 0.276 e. The second kappa shape index (κ2) is 11.4. The lowest BCUT2D eigenvalue weighted by molar-refractivity contribution is -0.125. The Morgan fingerprint density at radius 1 is 1.14 bits per heavy atom. The lowest BCUT2D eigenvalue weighted by atomic mass is 10.00. The van der Waals surface area contributed by atoms with Crippen LogP contribution >= 0.6 is 34.2 Å². The number of carbonyl (C=O) groups is 1. The van der Waals surface area contributed by atoms with Crippen LogP contribution in [0.25, 0.3) is 6.08 Å². The zero-order valence-corrected chi connectivity index (χ0v) is 21.8. The van der Waals surface area contributed by atoms with Gasteiger partial charge in [0.2, 0.25) is 0 Å². The summed E-state index contributed by atoms with van der Waals surface area (Å²) in [7, 11) is 1.58. The fourth-order valence-corrected chi connectivity index (χ4v) is 4.57. The summed E-state index contributed by atoms with van der Waals surface area (Å²) in [5, 5.41) is 15.5. The quantitative estimate of drug-likeness (QED) is 0.233. The van der Waals surface area contributed by atoms with E-state index >= 15 is 0 Å². The summed E-state index contributed by atoms with van der Waals surface area (Å²) in [6, 6.07) is 22.8. The van der Waals surface area contributed by atoms with Crippen molar-refractivity contribution in [1.82, 2.24) is 5.01 Å². The van der Waals surface area contributed by atoms with Gasteiger partial charge in [0.15, 0.2) is 11.5 Å². The van der Waals surface area contributed by atoms with Crippen molar-refractivity contribution in [2.75, 3.05) is 13.7 Å². The molecule has 0 bridgehead atoms. The maximum absolute atomic E-state index is 13.2. The van der Waals surface area contributed by atoms with Gasteiger partial charge in [-0.25, -0.2) is 5.01 Å². The molecule has 3 aromatic rings. The number of halogens is 2. The molecule has 0 aromatic heterocycles. The highest BCUT2D eigenvalue weighted by Gasteiger charge is 2.30. The van der Waals surface area contributed by atoms with Crippen LogP contribution in [0.15, 0.2) is 77.4 Å². The van der Waals surface area contributed by atoms with Crippen molar-refractivity contribution in [3.8, 4) is 17.6 Å². The lowest BCUT2D eigenvalue weighted by Crippen LogP contribution is -2.23. The van der Waals surface area contributed by atoms with Crippen molar-refractivity contribution >= 4 is 51.9 Å². The third-order valence-electron chi connectivity index (χ3n) is 5.32. The highest BCUT2D eigenvalue weighted by atomic mass is 127. The second-order valence-corrected chi connectivity index (χ2v) is 9.19. The van der Waals surface area contributed by atoms with E-state index in [1.807, 2.05) is 66.7 Å². The van der Waals surface area contributed by atoms with Gasteiger partial charge < -0.3 is 9.47 Å². The van der Waals surface area contributed by atoms with Gasteiger partial charge in [-0.1, -0.05) is 60.1 Å². The number of carbonyl (C=O) groups excluding carboxylic acids is 1. The molecule has 0 spiro atoms. The molecule has 176 valence electrons. The molecule has 1 heterocycles. The first-order valence-corrected chi connectivity index (χ1v) is 12.3. The van der Waals surface area contributed by atoms with Crippen LogP contribution in [0, 0.1) is 14.9 Å². The molecule has 0 saturated heterocycles. The molecule has 0 N–H and O–H groups in total. The van der Waals surface area contributed by atoms with Gasteiger partial charge in [-0.15, -0.1) is 0 Å². The molecule has 1 amide bonds. The minimum absolute atomic E-state index is 0.202. The summed E-state index contributed by atoms with van der Waals surface area (Å²) >= 11 is 8.45. The van der Waals surface area contributed by atoms with Crippen LogP contribution in [0.2, 0.25) is 5.02 Å². The van der Waals surface area contributed by atoms with Crippen molar-refractivity contribution in [3.05, 3.63) is 97.6 Å². The third kappa shape index (κ3) is 5.66. The SMILES string of the molecule is COc1cc(/C=C2/C(=O)N(CCC#N)N=C2c2ccccc2)cc(I)c1OCc1ccccc1Cl. The maximum atomic E-state index is 13.2. The van der Waals surface area contributed by atoms with E-state index in [4.69, 9.17) is 26.3 Å². The van der Waals surface area contributed by atoms with Gasteiger partial charge in [0, 0.05) is 16.1 Å². The van der Waals surface area contributed by atoms with Gasteiger partial charge in [0.05, 0.1) is 35.3 Å². The number of methoxy groups -OCH3 is 1. The predicted octanol–water partition coefficient (Wildman–Crippen LogP) is 6.08. The van der Waals surface area contributed by atoms with Crippen LogP contribution in [0.3, 0.4) is 0 Å². The normalized spacial score (nSPS) is 14.1. The van der Waals surface area contributed by atoms with Crippen molar-refractivity contribution in [2.24, 2.45) is 5.10 Å². The Kier molecular flexibility index (Phi) is 8.06. The third-order valence-corrected chi connectivity index (χ3v) is 6.49. The van der Waals surface area contributed by atoms with Crippen molar-refractivity contribution < 1.29 is 14.3 Å². The van der Waals surface area contributed by atoms with Gasteiger partial charge in [-0.2, -0.15) is 10.4 Å². The fourth-order valence-electron chi connectivity index (χ4n) is 3.60. The Labute approximate surface area is 222 Å². The van der Waals surface area contributed by atoms with E-state index in [2.05, 4.69) is 33.8 Å². The highest BCUT2D eigenvalue weighted by molar-refractivity contribution is 14.1. The average Bonchev–Trinajstić information content (AvgIpc) is 3.18. The summed E-state index contributed by atoms with van der Waals surface area (Å²) in [6.45, 7) is 0.530. The standard InChI is InChI=1S/C27H21ClIN3O3/c1-34-24-16-18(15-23(29)26(24)35-17-20-10-5-6-11-22(20)28)14-21-25(19-8-3-2-4-9-19)31-32(27(21)33)13-7-12-30/h2-6,8-11,14-16H,7,13,17H2,1H3/b21-14+. The number of hydrogen-bond donors (Lipinski definition) is 0. The summed E-state index contributed by atoms with van der Waals surface area (Å²) < 4.78 is 12.5. The Morgan fingerprint density at radius 2 is 1.89 bits per heavy atom. The van der Waals surface area contributed by atoms with Crippen LogP contribution in [-0.2, 0) is 11.4 Å². The minimum atomic E-state index is -0.243. The van der Waals surface area contributed by atoms with Crippen molar-refractivity contribution in [1.29, 1.82) is 5.26 Å². The van der Waals surface area contributed by atoms with Crippen LogP contribution in [-0.4, -0.2) is 30.3 Å². The first-order chi connectivity index (χ1) is 17.0. The number of rotatable bonds is 8. The highest BCUT2D eigenvalue weighted by Crippen LogP contribution is 2.36. The van der Waals surface area contributed by atoms with E-state index in [1.165, 1.54) is 5.01 Å². The first-order valence-electron chi connectivity index (χ1n) is 10.8. The summed E-state index contributed by atoms with van der Waals surface area (Å²) in [5.41, 5.74) is 3.49. The predicted molar refractivity (Wildman–Crippen MR) is 144 cm³/mol. The Morgan fingerprint density at radius 3 is 2.60 bits per heavy atom. The molecule has 0 atom stereocenters. The molecule has 4 rings (SSSR count). The summed E-state index contributed by atoms with van der Waals surface area (Å²) in [4.78, 5) is 13.2. The molecular weight excluding hydrogens is 577 g/mol. The van der Waals surface area contributed by atoms with E-state index < -0.39 is 0 Å². The molecule has 0 unspecified atom stereocenters. The molecule has 0 aliphatic carbocycles. The average molecular weight is 598 g/mol. The zero-order chi connectivity index (χ0) is 24.8. The Bertz CT molecular complexity index is 1350. The van der Waals surface area contributed by atoms with Crippen molar-refractivity contribution in [2.45, 2.75) is 13.0 Å². The van der Waals surface area contributed by atoms with Crippen LogP contribution in [0.5, 0.6) is 11.5 Å². The molecule has 1 aliphatic heterocycles. The maximum Gasteiger partial charge on any atom is 0.276 e. The van der Waals surface area contributed by atoms with Gasteiger partial charge in [-0.3, -0.25) is 4.79 Å². The Balaban J connectivity index is 1.67. The van der Waals surface area contributed by atoms with E-state index in [0.29, 0.717) is 34.4 Å². The number of hydrazone groups is 1. The molecule has 6 nitrogen and oxygen atoms in total. The molecule has 0 saturated carbocycles. The fraction of sp³-hybridized carbons (Fsp3) is 0.148. The van der Waals surface area contributed by atoms with E-state index in [0.717, 1.165) is 20.3 Å². The van der Waals surface area contributed by atoms with Gasteiger partial charge in [0.25, 0.3) is 5.91 Å². The second-order valence-electron chi connectivity index (χ2n) is 7.62. The van der Waals surface area contributed by atoms with E-state index in [9.17, 15) is 4.79 Å². The molecule has 0 radical (unpaired) electrons. The molecular formula is C27H21ClIN3O3. The summed E-state index contributed by atoms with van der Waals surface area (Å²) in [6.07, 6.45) is 2.00. The van der Waals surface area contributed by atoms with Gasteiger partial charge >= 0.3 is 0 Å².